The van der Waals surface area contributed by atoms with E-state index in [-0.39, 0.29) is 5.56 Å². The molecule has 0 spiro atoms. The summed E-state index contributed by atoms with van der Waals surface area (Å²) in [4.78, 5) is 28.9. The smallest absolute Gasteiger partial charge is 0.349 e. The van der Waals surface area contributed by atoms with Crippen LogP contribution in [0.25, 0.3) is 21.2 Å². The minimum Gasteiger partial charge on any atom is -0.497 e. The Morgan fingerprint density at radius 1 is 1.20 bits per heavy atom. The number of carbonyl (C=O) groups is 1. The van der Waals surface area contributed by atoms with Crippen LogP contribution >= 0.6 is 11.3 Å². The maximum Gasteiger partial charge on any atom is 0.349 e. The van der Waals surface area contributed by atoms with Gasteiger partial charge >= 0.3 is 5.63 Å². The second kappa shape index (κ2) is 6.03. The molecule has 0 aliphatic rings. The maximum absolute atomic E-state index is 12.4. The molecule has 0 aliphatic heterocycles. The summed E-state index contributed by atoms with van der Waals surface area (Å²) in [5, 5.41) is 3.72. The Labute approximate surface area is 145 Å². The number of rotatable bonds is 3. The van der Waals surface area contributed by atoms with Crippen LogP contribution in [0, 0.1) is 0 Å². The molecule has 6 nitrogen and oxygen atoms in total. The molecule has 0 fully saturated rings. The summed E-state index contributed by atoms with van der Waals surface area (Å²) in [6.45, 7) is 0. The lowest BCUT2D eigenvalue weighted by molar-refractivity contribution is 0.102. The van der Waals surface area contributed by atoms with Crippen molar-refractivity contribution in [3.8, 4) is 5.75 Å². The summed E-state index contributed by atoms with van der Waals surface area (Å²) in [7, 11) is 1.53. The Kier molecular flexibility index (Phi) is 3.70. The zero-order valence-electron chi connectivity index (χ0n) is 13.1. The second-order valence-electron chi connectivity index (χ2n) is 5.29. The lowest BCUT2D eigenvalue weighted by Crippen LogP contribution is -2.20. The van der Waals surface area contributed by atoms with Crippen LogP contribution in [0.5, 0.6) is 5.75 Å². The van der Waals surface area contributed by atoms with Crippen molar-refractivity contribution in [2.45, 2.75) is 0 Å². The van der Waals surface area contributed by atoms with Crippen molar-refractivity contribution in [1.29, 1.82) is 0 Å². The summed E-state index contributed by atoms with van der Waals surface area (Å²) in [6.07, 6.45) is 0. The number of methoxy groups -OCH3 is 1. The summed E-state index contributed by atoms with van der Waals surface area (Å²) in [5.74, 6) is 0.0212. The minimum absolute atomic E-state index is 0.0723. The number of nitrogens with zero attached hydrogens (tertiary/aromatic N) is 1. The highest BCUT2D eigenvalue weighted by Gasteiger charge is 2.16. The number of hydrogen-bond donors (Lipinski definition) is 1. The maximum atomic E-state index is 12.4. The van der Waals surface area contributed by atoms with Crippen LogP contribution in [-0.4, -0.2) is 18.0 Å². The van der Waals surface area contributed by atoms with Gasteiger partial charge in [-0.3, -0.25) is 10.1 Å². The first-order valence-electron chi connectivity index (χ1n) is 7.43. The van der Waals surface area contributed by atoms with E-state index in [4.69, 9.17) is 9.15 Å². The third-order valence-electron chi connectivity index (χ3n) is 3.70. The van der Waals surface area contributed by atoms with Crippen LogP contribution in [0.1, 0.15) is 10.4 Å². The van der Waals surface area contributed by atoms with Crippen LogP contribution in [-0.2, 0) is 0 Å². The molecule has 4 aromatic rings. The predicted octanol–water partition coefficient (Wildman–Crippen LogP) is 3.66. The monoisotopic (exact) mass is 352 g/mol. The molecule has 25 heavy (non-hydrogen) atoms. The van der Waals surface area contributed by atoms with Gasteiger partial charge in [0, 0.05) is 11.5 Å². The summed E-state index contributed by atoms with van der Waals surface area (Å²) < 4.78 is 11.3. The number of nitrogens with one attached hydrogen (secondary N) is 1. The molecule has 4 rings (SSSR count). The molecule has 2 aromatic carbocycles. The lowest BCUT2D eigenvalue weighted by atomic mass is 10.1. The van der Waals surface area contributed by atoms with Gasteiger partial charge in [-0.15, -0.1) is 0 Å². The lowest BCUT2D eigenvalue weighted by Gasteiger charge is -2.04. The summed E-state index contributed by atoms with van der Waals surface area (Å²) >= 11 is 1.34. The SMILES string of the molecule is COc1ccc2cc(C(=O)Nc3nc4ccccc4s3)c(=O)oc2c1. The number of ether oxygens (including phenoxy) is 1. The number of para-hydroxylation sites is 1. The number of fused-ring (bicyclic) bond motifs is 2. The highest BCUT2D eigenvalue weighted by Crippen LogP contribution is 2.26. The molecule has 2 aromatic heterocycles. The highest BCUT2D eigenvalue weighted by atomic mass is 32.1. The normalized spacial score (nSPS) is 10.9. The average Bonchev–Trinajstić information content (AvgIpc) is 3.02. The number of benzene rings is 2. The fourth-order valence-electron chi connectivity index (χ4n) is 2.47. The van der Waals surface area contributed by atoms with Crippen molar-refractivity contribution in [1.82, 2.24) is 4.98 Å². The Morgan fingerprint density at radius 3 is 2.84 bits per heavy atom. The van der Waals surface area contributed by atoms with Crippen LogP contribution in [0.3, 0.4) is 0 Å². The van der Waals surface area contributed by atoms with Crippen molar-refractivity contribution in [3.63, 3.8) is 0 Å². The molecule has 2 heterocycles. The first kappa shape index (κ1) is 15.3. The van der Waals surface area contributed by atoms with Crippen molar-refractivity contribution in [2.24, 2.45) is 0 Å². The van der Waals surface area contributed by atoms with Crippen molar-refractivity contribution in [3.05, 3.63) is 64.5 Å². The van der Waals surface area contributed by atoms with Crippen LogP contribution in [0.15, 0.2) is 57.7 Å². The molecule has 0 aliphatic carbocycles. The molecule has 0 radical (unpaired) electrons. The zero-order valence-corrected chi connectivity index (χ0v) is 13.9. The van der Waals surface area contributed by atoms with E-state index < -0.39 is 11.5 Å². The van der Waals surface area contributed by atoms with Crippen LogP contribution in [0.2, 0.25) is 0 Å². The van der Waals surface area contributed by atoms with Gasteiger partial charge in [0.25, 0.3) is 5.91 Å². The largest absolute Gasteiger partial charge is 0.497 e. The number of thiazole rings is 1. The molecular formula is C18H12N2O4S. The van der Waals surface area contributed by atoms with Crippen LogP contribution < -0.4 is 15.7 Å². The zero-order chi connectivity index (χ0) is 17.4. The van der Waals surface area contributed by atoms with E-state index in [2.05, 4.69) is 10.3 Å². The fraction of sp³-hybridized carbons (Fsp3) is 0.0556. The molecule has 1 amide bonds. The highest BCUT2D eigenvalue weighted by molar-refractivity contribution is 7.22. The standard InChI is InChI=1S/C18H12N2O4S/c1-23-11-7-6-10-8-12(17(22)24-14(10)9-11)16(21)20-18-19-13-4-2-3-5-15(13)25-18/h2-9H,1H3,(H,19,20,21). The van der Waals surface area contributed by atoms with Gasteiger partial charge < -0.3 is 9.15 Å². The van der Waals surface area contributed by atoms with Crippen molar-refractivity contribution >= 4 is 43.6 Å². The molecule has 0 atom stereocenters. The van der Waals surface area contributed by atoms with E-state index >= 15 is 0 Å². The molecule has 0 unspecified atom stereocenters. The summed E-state index contributed by atoms with van der Waals surface area (Å²) in [6, 6.07) is 14.1. The van der Waals surface area contributed by atoms with Gasteiger partial charge in [-0.05, 0) is 30.3 Å². The number of hydrogen-bond acceptors (Lipinski definition) is 6. The summed E-state index contributed by atoms with van der Waals surface area (Å²) in [5.41, 5.74) is 0.373. The van der Waals surface area contributed by atoms with Crippen molar-refractivity contribution in [2.75, 3.05) is 12.4 Å². The molecule has 124 valence electrons. The van der Waals surface area contributed by atoms with Gasteiger partial charge in [0.2, 0.25) is 0 Å². The number of carbonyl (C=O) groups excluding carboxylic acids is 1. The Bertz CT molecular complexity index is 1130. The molecule has 0 bridgehead atoms. The minimum atomic E-state index is -0.709. The quantitative estimate of drug-likeness (QED) is 0.569. The second-order valence-corrected chi connectivity index (χ2v) is 6.32. The molecule has 0 saturated heterocycles. The van der Waals surface area contributed by atoms with Gasteiger partial charge in [0.1, 0.15) is 16.9 Å². The van der Waals surface area contributed by atoms with Crippen LogP contribution in [0.4, 0.5) is 5.13 Å². The van der Waals surface area contributed by atoms with Gasteiger partial charge in [0.05, 0.1) is 17.3 Å². The number of anilines is 1. The molecule has 7 heteroatoms. The first-order chi connectivity index (χ1) is 12.1. The first-order valence-corrected chi connectivity index (χ1v) is 8.24. The topological polar surface area (TPSA) is 81.4 Å². The number of amides is 1. The average molecular weight is 352 g/mol. The van der Waals surface area contributed by atoms with E-state index in [0.29, 0.717) is 21.9 Å². The van der Waals surface area contributed by atoms with Gasteiger partial charge in [-0.1, -0.05) is 23.5 Å². The third kappa shape index (κ3) is 2.85. The third-order valence-corrected chi connectivity index (χ3v) is 4.65. The van der Waals surface area contributed by atoms with Gasteiger partial charge in [-0.2, -0.15) is 0 Å². The van der Waals surface area contributed by atoms with E-state index in [1.807, 2.05) is 24.3 Å². The Hall–Kier alpha value is -3.19. The van der Waals surface area contributed by atoms with Gasteiger partial charge in [-0.25, -0.2) is 9.78 Å². The molecule has 1 N–H and O–H groups in total. The van der Waals surface area contributed by atoms with Gasteiger partial charge in [0.15, 0.2) is 5.13 Å². The Morgan fingerprint density at radius 2 is 2.04 bits per heavy atom. The van der Waals surface area contributed by atoms with Crippen molar-refractivity contribution < 1.29 is 13.9 Å². The van der Waals surface area contributed by atoms with E-state index in [0.717, 1.165) is 10.2 Å². The van der Waals surface area contributed by atoms with E-state index in [9.17, 15) is 9.59 Å². The van der Waals surface area contributed by atoms with E-state index in [1.165, 1.54) is 24.5 Å². The van der Waals surface area contributed by atoms with E-state index in [1.54, 1.807) is 18.2 Å². The number of aromatic nitrogens is 1. The molecule has 0 saturated carbocycles. The fourth-order valence-corrected chi connectivity index (χ4v) is 3.33. The molecular weight excluding hydrogens is 340 g/mol. The Balaban J connectivity index is 1.69. The predicted molar refractivity (Wildman–Crippen MR) is 96.6 cm³/mol.